The Hall–Kier alpha value is -3.39. The molecule has 6 nitrogen and oxygen atoms in total. The average molecular weight is 454 g/mol. The van der Waals surface area contributed by atoms with E-state index in [-0.39, 0.29) is 16.1 Å². The predicted octanol–water partition coefficient (Wildman–Crippen LogP) is 4.79. The average Bonchev–Trinajstić information content (AvgIpc) is 3.30. The Morgan fingerprint density at radius 1 is 0.969 bits per heavy atom. The number of para-hydroxylation sites is 1. The third-order valence-electron chi connectivity index (χ3n) is 5.46. The number of hydrogen-bond donors (Lipinski definition) is 2. The number of rotatable bonds is 6. The van der Waals surface area contributed by atoms with Crippen molar-refractivity contribution in [2.75, 3.05) is 28.0 Å². The molecule has 0 aromatic heterocycles. The van der Waals surface area contributed by atoms with E-state index in [1.165, 1.54) is 36.4 Å². The molecule has 0 aliphatic carbocycles. The Bertz CT molecular complexity index is 1250. The molecule has 0 unspecified atom stereocenters. The number of nitrogens with zero attached hydrogens (tertiary/aromatic N) is 1. The van der Waals surface area contributed by atoms with Gasteiger partial charge in [0.05, 0.1) is 10.6 Å². The van der Waals surface area contributed by atoms with Gasteiger partial charge in [-0.3, -0.25) is 9.52 Å². The van der Waals surface area contributed by atoms with Crippen LogP contribution < -0.4 is 14.9 Å². The lowest BCUT2D eigenvalue weighted by Gasteiger charge is -2.18. The summed E-state index contributed by atoms with van der Waals surface area (Å²) in [6, 6.07) is 17.4. The lowest BCUT2D eigenvalue weighted by Crippen LogP contribution is -2.19. The van der Waals surface area contributed by atoms with E-state index in [0.29, 0.717) is 11.3 Å². The number of sulfonamides is 1. The molecule has 0 spiro atoms. The van der Waals surface area contributed by atoms with Gasteiger partial charge >= 0.3 is 0 Å². The zero-order valence-electron chi connectivity index (χ0n) is 17.6. The SMILES string of the molecule is Cc1ccc(S(=O)(=O)Nc2ccccc2F)cc1C(=O)Nc1cccc(N2CCCC2)c1. The standard InChI is InChI=1S/C24H24FN3O3S/c1-17-11-12-20(32(30,31)27-23-10-3-2-9-22(23)25)16-21(17)24(29)26-18-7-6-8-19(15-18)28-13-4-5-14-28/h2-3,6-12,15-16,27H,4-5,13-14H2,1H3,(H,26,29). The minimum absolute atomic E-state index is 0.123. The summed E-state index contributed by atoms with van der Waals surface area (Å²) < 4.78 is 41.7. The van der Waals surface area contributed by atoms with E-state index < -0.39 is 21.7 Å². The van der Waals surface area contributed by atoms with Gasteiger partial charge in [0.25, 0.3) is 15.9 Å². The number of amides is 1. The van der Waals surface area contributed by atoms with Crippen LogP contribution in [-0.2, 0) is 10.0 Å². The van der Waals surface area contributed by atoms with Crippen molar-refractivity contribution >= 4 is 33.0 Å². The molecular formula is C24H24FN3O3S. The minimum Gasteiger partial charge on any atom is -0.371 e. The first kappa shape index (κ1) is 21.8. The summed E-state index contributed by atoms with van der Waals surface area (Å²) in [4.78, 5) is 15.1. The molecule has 0 saturated carbocycles. The van der Waals surface area contributed by atoms with Crippen LogP contribution in [0.5, 0.6) is 0 Å². The van der Waals surface area contributed by atoms with E-state index in [1.807, 2.05) is 18.2 Å². The lowest BCUT2D eigenvalue weighted by atomic mass is 10.1. The second kappa shape index (κ2) is 9.00. The maximum Gasteiger partial charge on any atom is 0.262 e. The fraction of sp³-hybridized carbons (Fsp3) is 0.208. The molecule has 0 radical (unpaired) electrons. The molecule has 4 rings (SSSR count). The van der Waals surface area contributed by atoms with Crippen molar-refractivity contribution in [3.05, 3.63) is 83.7 Å². The van der Waals surface area contributed by atoms with E-state index >= 15 is 0 Å². The van der Waals surface area contributed by atoms with E-state index in [2.05, 4.69) is 14.9 Å². The molecule has 2 N–H and O–H groups in total. The van der Waals surface area contributed by atoms with Crippen molar-refractivity contribution in [3.63, 3.8) is 0 Å². The summed E-state index contributed by atoms with van der Waals surface area (Å²) >= 11 is 0. The summed E-state index contributed by atoms with van der Waals surface area (Å²) in [6.07, 6.45) is 2.30. The maximum atomic E-state index is 13.9. The van der Waals surface area contributed by atoms with E-state index in [4.69, 9.17) is 0 Å². The molecule has 1 aliphatic rings. The fourth-order valence-electron chi connectivity index (χ4n) is 3.71. The summed E-state index contributed by atoms with van der Waals surface area (Å²) in [7, 11) is -4.08. The Kier molecular flexibility index (Phi) is 6.14. The summed E-state index contributed by atoms with van der Waals surface area (Å²) in [5.74, 6) is -1.09. The van der Waals surface area contributed by atoms with Crippen LogP contribution in [0.25, 0.3) is 0 Å². The van der Waals surface area contributed by atoms with Gasteiger partial charge in [0.1, 0.15) is 5.82 Å². The summed E-state index contributed by atoms with van der Waals surface area (Å²) in [6.45, 7) is 3.72. The normalized spacial score (nSPS) is 13.8. The van der Waals surface area contributed by atoms with Crippen LogP contribution >= 0.6 is 0 Å². The van der Waals surface area contributed by atoms with Crippen molar-refractivity contribution in [1.29, 1.82) is 0 Å². The number of nitrogens with one attached hydrogen (secondary N) is 2. The van der Waals surface area contributed by atoms with Crippen LogP contribution in [0.4, 0.5) is 21.5 Å². The molecule has 32 heavy (non-hydrogen) atoms. The van der Waals surface area contributed by atoms with E-state index in [1.54, 1.807) is 19.1 Å². The third kappa shape index (κ3) is 4.75. The zero-order chi connectivity index (χ0) is 22.7. The summed E-state index contributed by atoms with van der Waals surface area (Å²) in [5, 5.41) is 2.86. The highest BCUT2D eigenvalue weighted by atomic mass is 32.2. The van der Waals surface area contributed by atoms with Gasteiger partial charge < -0.3 is 10.2 Å². The van der Waals surface area contributed by atoms with Gasteiger partial charge in [-0.05, 0) is 67.8 Å². The Morgan fingerprint density at radius 2 is 1.72 bits per heavy atom. The molecule has 1 heterocycles. The first-order valence-electron chi connectivity index (χ1n) is 10.4. The predicted molar refractivity (Wildman–Crippen MR) is 124 cm³/mol. The van der Waals surface area contributed by atoms with E-state index in [0.717, 1.165) is 31.6 Å². The van der Waals surface area contributed by atoms with Crippen molar-refractivity contribution in [2.45, 2.75) is 24.7 Å². The molecule has 1 aliphatic heterocycles. The number of carbonyl (C=O) groups is 1. The number of carbonyl (C=O) groups excluding carboxylic acids is 1. The molecule has 166 valence electrons. The monoisotopic (exact) mass is 453 g/mol. The topological polar surface area (TPSA) is 78.5 Å². The smallest absolute Gasteiger partial charge is 0.262 e. The number of benzene rings is 3. The van der Waals surface area contributed by atoms with Crippen molar-refractivity contribution in [1.82, 2.24) is 0 Å². The second-order valence-electron chi connectivity index (χ2n) is 7.76. The largest absolute Gasteiger partial charge is 0.371 e. The molecule has 1 amide bonds. The number of aryl methyl sites for hydroxylation is 1. The lowest BCUT2D eigenvalue weighted by molar-refractivity contribution is 0.102. The quantitative estimate of drug-likeness (QED) is 0.563. The minimum atomic E-state index is -4.08. The highest BCUT2D eigenvalue weighted by Gasteiger charge is 2.20. The number of hydrogen-bond acceptors (Lipinski definition) is 4. The van der Waals surface area contributed by atoms with Gasteiger partial charge in [0, 0.05) is 30.0 Å². The molecule has 1 saturated heterocycles. The second-order valence-corrected chi connectivity index (χ2v) is 9.44. The third-order valence-corrected chi connectivity index (χ3v) is 6.82. The molecule has 8 heteroatoms. The van der Waals surface area contributed by atoms with E-state index in [9.17, 15) is 17.6 Å². The van der Waals surface area contributed by atoms with Gasteiger partial charge in [-0.25, -0.2) is 12.8 Å². The van der Waals surface area contributed by atoms with Crippen molar-refractivity contribution in [2.24, 2.45) is 0 Å². The summed E-state index contributed by atoms with van der Waals surface area (Å²) in [5.41, 5.74) is 2.38. The Balaban J connectivity index is 1.56. The molecule has 3 aromatic rings. The van der Waals surface area contributed by atoms with Crippen LogP contribution in [0.1, 0.15) is 28.8 Å². The Labute approximate surface area is 187 Å². The fourth-order valence-corrected chi connectivity index (χ4v) is 4.81. The van der Waals surface area contributed by atoms with Gasteiger partial charge in [0.15, 0.2) is 0 Å². The number of halogens is 1. The Morgan fingerprint density at radius 3 is 2.47 bits per heavy atom. The molecule has 3 aromatic carbocycles. The van der Waals surface area contributed by atoms with Crippen LogP contribution in [0.2, 0.25) is 0 Å². The highest BCUT2D eigenvalue weighted by molar-refractivity contribution is 7.92. The van der Waals surface area contributed by atoms with Crippen molar-refractivity contribution in [3.8, 4) is 0 Å². The zero-order valence-corrected chi connectivity index (χ0v) is 18.5. The van der Waals surface area contributed by atoms with Crippen LogP contribution in [-0.4, -0.2) is 27.4 Å². The van der Waals surface area contributed by atoms with Gasteiger partial charge in [-0.2, -0.15) is 0 Å². The highest BCUT2D eigenvalue weighted by Crippen LogP contribution is 2.25. The maximum absolute atomic E-state index is 13.9. The first-order chi connectivity index (χ1) is 15.3. The van der Waals surface area contributed by atoms with Crippen LogP contribution in [0, 0.1) is 12.7 Å². The molecular weight excluding hydrogens is 429 g/mol. The number of anilines is 3. The molecule has 1 fully saturated rings. The van der Waals surface area contributed by atoms with Gasteiger partial charge in [-0.1, -0.05) is 24.3 Å². The first-order valence-corrected chi connectivity index (χ1v) is 11.9. The molecule has 0 bridgehead atoms. The van der Waals surface area contributed by atoms with Gasteiger partial charge in [-0.15, -0.1) is 0 Å². The molecule has 0 atom stereocenters. The van der Waals surface area contributed by atoms with Crippen LogP contribution in [0.3, 0.4) is 0 Å². The van der Waals surface area contributed by atoms with Gasteiger partial charge in [0.2, 0.25) is 0 Å². The van der Waals surface area contributed by atoms with Crippen LogP contribution in [0.15, 0.2) is 71.6 Å². The van der Waals surface area contributed by atoms with Crippen molar-refractivity contribution < 1.29 is 17.6 Å².